The molecule has 0 aromatic rings. The first-order valence-electron chi connectivity index (χ1n) is 5.47. The number of rotatable bonds is 9. The summed E-state index contributed by atoms with van der Waals surface area (Å²) in [7, 11) is 0.492. The molecule has 0 radical (unpaired) electrons. The van der Waals surface area contributed by atoms with E-state index >= 15 is 0 Å². The third kappa shape index (κ3) is 6.92. The third-order valence-electron chi connectivity index (χ3n) is 2.14. The number of hydrogen-bond donors (Lipinski definition) is 2. The van der Waals surface area contributed by atoms with Crippen molar-refractivity contribution >= 4 is 16.7 Å². The summed E-state index contributed by atoms with van der Waals surface area (Å²) < 4.78 is 16.5. The van der Waals surface area contributed by atoms with Gasteiger partial charge in [-0.25, -0.2) is 0 Å². The number of nitrogens with two attached hydrogens (primary N) is 1. The van der Waals surface area contributed by atoms with E-state index in [4.69, 9.17) is 10.5 Å². The molecule has 0 heterocycles. The van der Waals surface area contributed by atoms with Crippen LogP contribution >= 0.6 is 0 Å². The molecule has 6 heteroatoms. The van der Waals surface area contributed by atoms with Gasteiger partial charge in [0.15, 0.2) is 0 Å². The van der Waals surface area contributed by atoms with Crippen molar-refractivity contribution in [3.05, 3.63) is 0 Å². The molecule has 0 aliphatic carbocycles. The minimum atomic E-state index is -1.13. The van der Waals surface area contributed by atoms with Crippen LogP contribution in [-0.4, -0.2) is 47.9 Å². The normalized spacial score (nSPS) is 14.4. The van der Waals surface area contributed by atoms with E-state index in [1.807, 2.05) is 0 Å². The Morgan fingerprint density at radius 1 is 1.50 bits per heavy atom. The first kappa shape index (κ1) is 15.5. The zero-order valence-corrected chi connectivity index (χ0v) is 10.8. The molecule has 96 valence electrons. The molecule has 5 nitrogen and oxygen atoms in total. The third-order valence-corrected chi connectivity index (χ3v) is 3.83. The van der Waals surface area contributed by atoms with Gasteiger partial charge in [0.1, 0.15) is 5.25 Å². The van der Waals surface area contributed by atoms with E-state index in [1.54, 1.807) is 14.0 Å². The molecule has 2 atom stereocenters. The number of ether oxygens (including phenoxy) is 1. The molecule has 0 aliphatic heterocycles. The summed E-state index contributed by atoms with van der Waals surface area (Å²) in [5, 5.41) is 2.27. The number of carbonyl (C=O) groups excluding carboxylic acids is 1. The number of nitrogens with one attached hydrogen (secondary N) is 1. The van der Waals surface area contributed by atoms with Crippen molar-refractivity contribution in [3.63, 3.8) is 0 Å². The van der Waals surface area contributed by atoms with Gasteiger partial charge in [-0.2, -0.15) is 0 Å². The van der Waals surface area contributed by atoms with Crippen molar-refractivity contribution < 1.29 is 13.7 Å². The number of amides is 1. The predicted molar refractivity (Wildman–Crippen MR) is 65.6 cm³/mol. The minimum absolute atomic E-state index is 0.161. The summed E-state index contributed by atoms with van der Waals surface area (Å²) in [6.07, 6.45) is 1.46. The van der Waals surface area contributed by atoms with Crippen molar-refractivity contribution in [1.29, 1.82) is 0 Å². The Labute approximate surface area is 99.6 Å². The fourth-order valence-corrected chi connectivity index (χ4v) is 2.22. The first-order valence-corrected chi connectivity index (χ1v) is 6.85. The number of methoxy groups -OCH3 is 1. The first-order chi connectivity index (χ1) is 7.63. The predicted octanol–water partition coefficient (Wildman–Crippen LogP) is -0.375. The molecular weight excluding hydrogens is 228 g/mol. The van der Waals surface area contributed by atoms with Gasteiger partial charge in [-0.05, 0) is 26.3 Å². The van der Waals surface area contributed by atoms with Gasteiger partial charge in [0.2, 0.25) is 5.91 Å². The van der Waals surface area contributed by atoms with Gasteiger partial charge >= 0.3 is 0 Å². The molecule has 0 saturated heterocycles. The van der Waals surface area contributed by atoms with Gasteiger partial charge < -0.3 is 15.8 Å². The Morgan fingerprint density at radius 2 is 2.19 bits per heavy atom. The molecule has 3 N–H and O–H groups in total. The molecule has 0 fully saturated rings. The highest BCUT2D eigenvalue weighted by Crippen LogP contribution is 1.98. The van der Waals surface area contributed by atoms with E-state index in [9.17, 15) is 9.00 Å². The second kappa shape index (κ2) is 9.74. The number of carbonyl (C=O) groups is 1. The lowest BCUT2D eigenvalue weighted by Crippen LogP contribution is -2.37. The van der Waals surface area contributed by atoms with Crippen LogP contribution in [0.5, 0.6) is 0 Å². The molecule has 0 aromatic heterocycles. The lowest BCUT2D eigenvalue weighted by atomic mass is 10.4. The van der Waals surface area contributed by atoms with Crippen molar-refractivity contribution in [2.75, 3.05) is 32.6 Å². The maximum Gasteiger partial charge on any atom is 0.235 e. The van der Waals surface area contributed by atoms with Crippen LogP contribution in [0.15, 0.2) is 0 Å². The summed E-state index contributed by atoms with van der Waals surface area (Å²) in [5.74, 6) is 0.329. The quantitative estimate of drug-likeness (QED) is 0.547. The fraction of sp³-hybridized carbons (Fsp3) is 0.900. The van der Waals surface area contributed by atoms with Crippen molar-refractivity contribution in [2.45, 2.75) is 25.0 Å². The van der Waals surface area contributed by atoms with Gasteiger partial charge in [0, 0.05) is 36.8 Å². The van der Waals surface area contributed by atoms with E-state index < -0.39 is 16.0 Å². The Hall–Kier alpha value is -0.460. The van der Waals surface area contributed by atoms with Crippen LogP contribution in [0.3, 0.4) is 0 Å². The highest BCUT2D eigenvalue weighted by molar-refractivity contribution is 7.86. The van der Waals surface area contributed by atoms with Crippen LogP contribution in [0.25, 0.3) is 0 Å². The summed E-state index contributed by atoms with van der Waals surface area (Å²) in [5.41, 5.74) is 5.32. The van der Waals surface area contributed by atoms with Crippen molar-refractivity contribution in [2.24, 2.45) is 5.73 Å². The van der Waals surface area contributed by atoms with Crippen LogP contribution < -0.4 is 11.1 Å². The molecule has 0 rings (SSSR count). The van der Waals surface area contributed by atoms with Gasteiger partial charge in [-0.1, -0.05) is 0 Å². The van der Waals surface area contributed by atoms with Gasteiger partial charge in [0.05, 0.1) is 0 Å². The monoisotopic (exact) mass is 250 g/mol. The zero-order valence-electron chi connectivity index (χ0n) is 10.0. The minimum Gasteiger partial charge on any atom is -0.385 e. The van der Waals surface area contributed by atoms with Crippen LogP contribution in [-0.2, 0) is 20.3 Å². The second-order valence-corrected chi connectivity index (χ2v) is 5.38. The van der Waals surface area contributed by atoms with Crippen LogP contribution in [0, 0.1) is 0 Å². The Balaban J connectivity index is 3.75. The van der Waals surface area contributed by atoms with Crippen molar-refractivity contribution in [1.82, 2.24) is 5.32 Å². The van der Waals surface area contributed by atoms with Gasteiger partial charge in [-0.15, -0.1) is 0 Å². The molecular formula is C10H22N2O3S. The lowest BCUT2D eigenvalue weighted by molar-refractivity contribution is -0.120. The van der Waals surface area contributed by atoms with Gasteiger partial charge in [0.25, 0.3) is 0 Å². The van der Waals surface area contributed by atoms with Crippen LogP contribution in [0.2, 0.25) is 0 Å². The van der Waals surface area contributed by atoms with E-state index in [1.165, 1.54) is 0 Å². The van der Waals surface area contributed by atoms with E-state index in [0.29, 0.717) is 31.9 Å². The van der Waals surface area contributed by atoms with E-state index in [0.717, 1.165) is 6.42 Å². The lowest BCUT2D eigenvalue weighted by Gasteiger charge is -2.11. The second-order valence-electron chi connectivity index (χ2n) is 3.51. The molecule has 0 aliphatic rings. The van der Waals surface area contributed by atoms with Gasteiger partial charge in [-0.3, -0.25) is 9.00 Å². The SMILES string of the molecule is COCCCNC(=O)C(C)S(=O)CCCN. The Bertz CT molecular complexity index is 224. The molecule has 0 aromatic carbocycles. The average molecular weight is 250 g/mol. The standard InChI is InChI=1S/C10H22N2O3S/c1-9(16(14)8-3-5-11)10(13)12-6-4-7-15-2/h9H,3-8,11H2,1-2H3,(H,12,13). The summed E-state index contributed by atoms with van der Waals surface area (Å²) in [6.45, 7) is 3.36. The van der Waals surface area contributed by atoms with Crippen LogP contribution in [0.1, 0.15) is 19.8 Å². The van der Waals surface area contributed by atoms with E-state index in [-0.39, 0.29) is 5.91 Å². The smallest absolute Gasteiger partial charge is 0.235 e. The molecule has 0 spiro atoms. The summed E-state index contributed by atoms with van der Waals surface area (Å²) >= 11 is 0. The molecule has 1 amide bonds. The largest absolute Gasteiger partial charge is 0.385 e. The zero-order chi connectivity index (χ0) is 12.4. The van der Waals surface area contributed by atoms with E-state index in [2.05, 4.69) is 5.32 Å². The molecule has 2 unspecified atom stereocenters. The maximum absolute atomic E-state index is 11.6. The molecule has 0 saturated carbocycles. The topological polar surface area (TPSA) is 81.4 Å². The average Bonchev–Trinajstić information content (AvgIpc) is 2.30. The number of hydrogen-bond acceptors (Lipinski definition) is 4. The maximum atomic E-state index is 11.6. The van der Waals surface area contributed by atoms with Crippen LogP contribution in [0.4, 0.5) is 0 Å². The Kier molecular flexibility index (Phi) is 9.46. The highest BCUT2D eigenvalue weighted by Gasteiger charge is 2.18. The van der Waals surface area contributed by atoms with Crippen molar-refractivity contribution in [3.8, 4) is 0 Å². The summed E-state index contributed by atoms with van der Waals surface area (Å²) in [6, 6.07) is 0. The molecule has 0 bridgehead atoms. The Morgan fingerprint density at radius 3 is 2.75 bits per heavy atom. The fourth-order valence-electron chi connectivity index (χ4n) is 1.09. The summed E-state index contributed by atoms with van der Waals surface area (Å²) in [4.78, 5) is 11.5. The molecule has 16 heavy (non-hydrogen) atoms. The highest BCUT2D eigenvalue weighted by atomic mass is 32.2.